The van der Waals surface area contributed by atoms with Crippen molar-refractivity contribution in [1.29, 1.82) is 0 Å². The Kier molecular flexibility index (Phi) is 7.16. The molecule has 1 unspecified atom stereocenters. The summed E-state index contributed by atoms with van der Waals surface area (Å²) in [5.74, 6) is 0.340. The summed E-state index contributed by atoms with van der Waals surface area (Å²) in [4.78, 5) is 24.7. The minimum atomic E-state index is -0.617. The Bertz CT molecular complexity index is 704. The summed E-state index contributed by atoms with van der Waals surface area (Å²) >= 11 is 3.85. The lowest BCUT2D eigenvalue weighted by molar-refractivity contribution is -0.118. The maximum absolute atomic E-state index is 12.6. The van der Waals surface area contributed by atoms with Crippen molar-refractivity contribution in [3.63, 3.8) is 0 Å². The molecule has 7 heteroatoms. The molecule has 5 nitrogen and oxygen atoms in total. The van der Waals surface area contributed by atoms with E-state index in [-0.39, 0.29) is 17.6 Å². The molecular formula is C17H19IN2O3S. The van der Waals surface area contributed by atoms with Crippen molar-refractivity contribution in [1.82, 2.24) is 5.32 Å². The average Bonchev–Trinajstić information content (AvgIpc) is 3.09. The highest BCUT2D eigenvalue weighted by Gasteiger charge is 2.22. The van der Waals surface area contributed by atoms with Crippen molar-refractivity contribution in [2.45, 2.75) is 19.4 Å². The quantitative estimate of drug-likeness (QED) is 0.622. The van der Waals surface area contributed by atoms with Gasteiger partial charge in [-0.15, -0.1) is 0 Å². The number of amides is 2. The van der Waals surface area contributed by atoms with Gasteiger partial charge in [0.15, 0.2) is 5.76 Å². The first kappa shape index (κ1) is 18.9. The molecule has 2 aromatic rings. The average molecular weight is 458 g/mol. The van der Waals surface area contributed by atoms with Crippen molar-refractivity contribution in [2.24, 2.45) is 0 Å². The molecule has 0 saturated carbocycles. The SMILES string of the molecule is CSCCC(NC(=O)c1ccco1)C(=O)Nc1ccc(C)c(I)c1. The molecule has 1 atom stereocenters. The van der Waals surface area contributed by atoms with E-state index in [1.807, 2.05) is 31.4 Å². The summed E-state index contributed by atoms with van der Waals surface area (Å²) in [6, 6.07) is 8.31. The Labute approximate surface area is 159 Å². The number of hydrogen-bond acceptors (Lipinski definition) is 4. The van der Waals surface area contributed by atoms with Crippen LogP contribution in [0.15, 0.2) is 41.0 Å². The van der Waals surface area contributed by atoms with Crippen molar-refractivity contribution < 1.29 is 14.0 Å². The normalized spacial score (nSPS) is 11.8. The van der Waals surface area contributed by atoms with E-state index in [0.717, 1.165) is 20.6 Å². The van der Waals surface area contributed by atoms with Crippen LogP contribution in [0.25, 0.3) is 0 Å². The van der Waals surface area contributed by atoms with Gasteiger partial charge in [0.25, 0.3) is 5.91 Å². The largest absolute Gasteiger partial charge is 0.459 e. The number of furan rings is 1. The Balaban J connectivity index is 2.06. The highest BCUT2D eigenvalue weighted by molar-refractivity contribution is 14.1. The second kappa shape index (κ2) is 9.12. The summed E-state index contributed by atoms with van der Waals surface area (Å²) in [5.41, 5.74) is 1.87. The van der Waals surface area contributed by atoms with Crippen LogP contribution >= 0.6 is 34.4 Å². The number of hydrogen-bond donors (Lipinski definition) is 2. The number of nitrogens with one attached hydrogen (secondary N) is 2. The van der Waals surface area contributed by atoms with Crippen molar-refractivity contribution in [3.8, 4) is 0 Å². The van der Waals surface area contributed by atoms with Crippen LogP contribution in [0.1, 0.15) is 22.5 Å². The number of carbonyl (C=O) groups excluding carboxylic acids is 2. The fourth-order valence-electron chi connectivity index (χ4n) is 2.04. The molecule has 128 valence electrons. The molecule has 0 radical (unpaired) electrons. The minimum absolute atomic E-state index is 0.196. The zero-order valence-electron chi connectivity index (χ0n) is 13.5. The van der Waals surface area contributed by atoms with Crippen LogP contribution in [0.5, 0.6) is 0 Å². The first-order valence-corrected chi connectivity index (χ1v) is 9.89. The molecule has 0 bridgehead atoms. The molecule has 0 aliphatic heterocycles. The number of halogens is 1. The highest BCUT2D eigenvalue weighted by atomic mass is 127. The molecule has 2 amide bonds. The van der Waals surface area contributed by atoms with E-state index in [2.05, 4.69) is 33.2 Å². The Hall–Kier alpha value is -1.48. The maximum Gasteiger partial charge on any atom is 0.287 e. The molecule has 1 heterocycles. The molecule has 24 heavy (non-hydrogen) atoms. The smallest absolute Gasteiger partial charge is 0.287 e. The molecule has 1 aromatic carbocycles. The first-order valence-electron chi connectivity index (χ1n) is 7.41. The van der Waals surface area contributed by atoms with Crippen molar-refractivity contribution >= 4 is 51.9 Å². The second-order valence-corrected chi connectivity index (χ2v) is 7.39. The van der Waals surface area contributed by atoms with Crippen LogP contribution in [0.2, 0.25) is 0 Å². The van der Waals surface area contributed by atoms with Gasteiger partial charge < -0.3 is 15.1 Å². The van der Waals surface area contributed by atoms with Gasteiger partial charge in [-0.3, -0.25) is 9.59 Å². The third-order valence-electron chi connectivity index (χ3n) is 3.42. The van der Waals surface area contributed by atoms with Gasteiger partial charge in [0.05, 0.1) is 6.26 Å². The van der Waals surface area contributed by atoms with Crippen LogP contribution in [-0.2, 0) is 4.79 Å². The van der Waals surface area contributed by atoms with Gasteiger partial charge in [0.1, 0.15) is 6.04 Å². The van der Waals surface area contributed by atoms with E-state index >= 15 is 0 Å². The molecule has 0 aliphatic rings. The Morgan fingerprint density at radius 2 is 2.12 bits per heavy atom. The van der Waals surface area contributed by atoms with E-state index in [0.29, 0.717) is 6.42 Å². The third-order valence-corrected chi connectivity index (χ3v) is 5.22. The molecule has 2 rings (SSSR count). The van der Waals surface area contributed by atoms with Gasteiger partial charge >= 0.3 is 0 Å². The second-order valence-electron chi connectivity index (χ2n) is 5.24. The van der Waals surface area contributed by atoms with E-state index in [1.54, 1.807) is 23.9 Å². The standard InChI is InChI=1S/C17H19IN2O3S/c1-11-5-6-12(10-13(11)18)19-16(21)14(7-9-24-2)20-17(22)15-4-3-8-23-15/h3-6,8,10,14H,7,9H2,1-2H3,(H,19,21)(H,20,22). The Morgan fingerprint density at radius 3 is 2.75 bits per heavy atom. The zero-order valence-corrected chi connectivity index (χ0v) is 16.4. The number of thioether (sulfide) groups is 1. The Morgan fingerprint density at radius 1 is 1.33 bits per heavy atom. The zero-order chi connectivity index (χ0) is 17.5. The van der Waals surface area contributed by atoms with E-state index < -0.39 is 6.04 Å². The van der Waals surface area contributed by atoms with Crippen LogP contribution in [-0.4, -0.2) is 29.9 Å². The summed E-state index contributed by atoms with van der Waals surface area (Å²) < 4.78 is 6.15. The number of carbonyl (C=O) groups is 2. The summed E-state index contributed by atoms with van der Waals surface area (Å²) in [6.07, 6.45) is 3.94. The van der Waals surface area contributed by atoms with Gasteiger partial charge in [-0.05, 0) is 77.8 Å². The van der Waals surface area contributed by atoms with Gasteiger partial charge in [0.2, 0.25) is 5.91 Å². The minimum Gasteiger partial charge on any atom is -0.459 e. The van der Waals surface area contributed by atoms with Crippen LogP contribution in [0, 0.1) is 10.5 Å². The molecule has 1 aromatic heterocycles. The van der Waals surface area contributed by atoms with Gasteiger partial charge in [-0.25, -0.2) is 0 Å². The van der Waals surface area contributed by atoms with Crippen LogP contribution in [0.3, 0.4) is 0 Å². The fraction of sp³-hybridized carbons (Fsp3) is 0.294. The maximum atomic E-state index is 12.6. The molecule has 0 saturated heterocycles. The topological polar surface area (TPSA) is 71.3 Å². The monoisotopic (exact) mass is 458 g/mol. The molecule has 0 spiro atoms. The summed E-state index contributed by atoms with van der Waals surface area (Å²) in [5, 5.41) is 5.61. The highest BCUT2D eigenvalue weighted by Crippen LogP contribution is 2.17. The van der Waals surface area contributed by atoms with Gasteiger partial charge in [0, 0.05) is 9.26 Å². The lowest BCUT2D eigenvalue weighted by Crippen LogP contribution is -2.44. The van der Waals surface area contributed by atoms with Crippen molar-refractivity contribution in [2.75, 3.05) is 17.3 Å². The lowest BCUT2D eigenvalue weighted by Gasteiger charge is -2.18. The van der Waals surface area contributed by atoms with E-state index in [1.165, 1.54) is 6.26 Å². The van der Waals surface area contributed by atoms with Crippen molar-refractivity contribution in [3.05, 3.63) is 51.5 Å². The van der Waals surface area contributed by atoms with Gasteiger partial charge in [-0.1, -0.05) is 6.07 Å². The van der Waals surface area contributed by atoms with Gasteiger partial charge in [-0.2, -0.15) is 11.8 Å². The van der Waals surface area contributed by atoms with Crippen LogP contribution in [0.4, 0.5) is 5.69 Å². The number of aryl methyl sites for hydroxylation is 1. The lowest BCUT2D eigenvalue weighted by atomic mass is 10.2. The molecule has 0 fully saturated rings. The predicted octanol–water partition coefficient (Wildman–Crippen LogP) is 3.68. The van der Waals surface area contributed by atoms with Crippen LogP contribution < -0.4 is 10.6 Å². The third kappa shape index (κ3) is 5.27. The number of rotatable bonds is 7. The first-order chi connectivity index (χ1) is 11.5. The summed E-state index contributed by atoms with van der Waals surface area (Å²) in [6.45, 7) is 2.01. The molecule has 2 N–H and O–H groups in total. The molecule has 0 aliphatic carbocycles. The van der Waals surface area contributed by atoms with E-state index in [4.69, 9.17) is 4.42 Å². The number of anilines is 1. The number of benzene rings is 1. The predicted molar refractivity (Wildman–Crippen MR) is 105 cm³/mol. The fourth-order valence-corrected chi connectivity index (χ4v) is 3.03. The summed E-state index contributed by atoms with van der Waals surface area (Å²) in [7, 11) is 0. The molecular weight excluding hydrogens is 439 g/mol. The van der Waals surface area contributed by atoms with E-state index in [9.17, 15) is 9.59 Å².